The van der Waals surface area contributed by atoms with Gasteiger partial charge in [0.2, 0.25) is 15.9 Å². The number of amides is 1. The second kappa shape index (κ2) is 11.9. The highest BCUT2D eigenvalue weighted by atomic mass is 32.2. The van der Waals surface area contributed by atoms with E-state index in [4.69, 9.17) is 10.5 Å². The van der Waals surface area contributed by atoms with Crippen molar-refractivity contribution in [2.24, 2.45) is 0 Å². The first kappa shape index (κ1) is 24.1. The van der Waals surface area contributed by atoms with Gasteiger partial charge in [-0.2, -0.15) is 14.8 Å². The predicted molar refractivity (Wildman–Crippen MR) is 114 cm³/mol. The van der Waals surface area contributed by atoms with E-state index >= 15 is 0 Å². The van der Waals surface area contributed by atoms with Crippen molar-refractivity contribution in [1.29, 1.82) is 10.5 Å². The van der Waals surface area contributed by atoms with Crippen LogP contribution < -0.4 is 0 Å². The molecule has 1 saturated carbocycles. The van der Waals surface area contributed by atoms with E-state index in [-0.39, 0.29) is 48.5 Å². The molecule has 0 aliphatic heterocycles. The number of hydrogen-bond donors (Lipinski definition) is 0. The SMILES string of the molecule is CN(C1CCCCC1)S(=O)(=O)c1ccc(SCC(=O)N(CCC#N)CCC#N)nc1. The summed E-state index contributed by atoms with van der Waals surface area (Å²) in [5.41, 5.74) is 0. The Morgan fingerprint density at radius 3 is 2.33 bits per heavy atom. The number of aromatic nitrogens is 1. The molecule has 1 aliphatic carbocycles. The Hall–Kier alpha value is -2.14. The zero-order valence-corrected chi connectivity index (χ0v) is 18.8. The minimum Gasteiger partial charge on any atom is -0.340 e. The maximum absolute atomic E-state index is 12.9. The zero-order chi connectivity index (χ0) is 22.0. The number of pyridine rings is 1. The quantitative estimate of drug-likeness (QED) is 0.504. The van der Waals surface area contributed by atoms with Crippen LogP contribution in [0.25, 0.3) is 0 Å². The molecule has 1 aliphatic rings. The van der Waals surface area contributed by atoms with Crippen LogP contribution in [0.3, 0.4) is 0 Å². The Labute approximate surface area is 182 Å². The summed E-state index contributed by atoms with van der Waals surface area (Å²) in [6.45, 7) is 0.575. The van der Waals surface area contributed by atoms with Crippen molar-refractivity contribution in [3.05, 3.63) is 18.3 Å². The van der Waals surface area contributed by atoms with E-state index < -0.39 is 10.0 Å². The monoisotopic (exact) mass is 449 g/mol. The molecular formula is C20H27N5O3S2. The van der Waals surface area contributed by atoms with Gasteiger partial charge in [0, 0.05) is 32.4 Å². The number of nitrogens with zero attached hydrogens (tertiary/aromatic N) is 5. The molecule has 0 aromatic carbocycles. The summed E-state index contributed by atoms with van der Waals surface area (Å²) in [6.07, 6.45) is 6.77. The van der Waals surface area contributed by atoms with Gasteiger partial charge in [0.15, 0.2) is 0 Å². The van der Waals surface area contributed by atoms with Crippen molar-refractivity contribution in [2.45, 2.75) is 60.9 Å². The number of carbonyl (C=O) groups is 1. The smallest absolute Gasteiger partial charge is 0.244 e. The molecule has 30 heavy (non-hydrogen) atoms. The van der Waals surface area contributed by atoms with Crippen molar-refractivity contribution in [3.63, 3.8) is 0 Å². The third-order valence-electron chi connectivity index (χ3n) is 5.16. The fourth-order valence-electron chi connectivity index (χ4n) is 3.37. The topological polar surface area (TPSA) is 118 Å². The third kappa shape index (κ3) is 6.69. The molecule has 1 amide bonds. The van der Waals surface area contributed by atoms with Crippen molar-refractivity contribution in [1.82, 2.24) is 14.2 Å². The van der Waals surface area contributed by atoms with Gasteiger partial charge in [-0.3, -0.25) is 4.79 Å². The second-order valence-corrected chi connectivity index (χ2v) is 10.1. The van der Waals surface area contributed by atoms with Gasteiger partial charge in [0.05, 0.1) is 35.8 Å². The molecule has 8 nitrogen and oxygen atoms in total. The molecule has 0 radical (unpaired) electrons. The lowest BCUT2D eigenvalue weighted by atomic mass is 9.96. The summed E-state index contributed by atoms with van der Waals surface area (Å²) in [7, 11) is -1.97. The minimum absolute atomic E-state index is 0.0308. The summed E-state index contributed by atoms with van der Waals surface area (Å²) in [4.78, 5) is 18.2. The molecule has 0 bridgehead atoms. The Bertz CT molecular complexity index is 867. The Balaban J connectivity index is 1.97. The van der Waals surface area contributed by atoms with Crippen LogP contribution in [0.15, 0.2) is 28.3 Å². The van der Waals surface area contributed by atoms with Crippen molar-refractivity contribution < 1.29 is 13.2 Å². The van der Waals surface area contributed by atoms with Crippen LogP contribution in [0.2, 0.25) is 0 Å². The van der Waals surface area contributed by atoms with Gasteiger partial charge in [-0.05, 0) is 25.0 Å². The van der Waals surface area contributed by atoms with Gasteiger partial charge >= 0.3 is 0 Å². The third-order valence-corrected chi connectivity index (χ3v) is 7.98. The van der Waals surface area contributed by atoms with Gasteiger partial charge in [0.1, 0.15) is 4.90 Å². The van der Waals surface area contributed by atoms with Crippen molar-refractivity contribution >= 4 is 27.7 Å². The lowest BCUT2D eigenvalue weighted by Gasteiger charge is -2.30. The minimum atomic E-state index is -3.60. The maximum Gasteiger partial charge on any atom is 0.244 e. The number of thioether (sulfide) groups is 1. The average Bonchev–Trinajstić information content (AvgIpc) is 2.78. The van der Waals surface area contributed by atoms with Crippen molar-refractivity contribution in [3.8, 4) is 12.1 Å². The molecule has 10 heteroatoms. The Morgan fingerprint density at radius 2 is 1.80 bits per heavy atom. The van der Waals surface area contributed by atoms with E-state index in [0.29, 0.717) is 5.03 Å². The Morgan fingerprint density at radius 1 is 1.17 bits per heavy atom. The van der Waals surface area contributed by atoms with Crippen LogP contribution in [0.1, 0.15) is 44.9 Å². The first-order valence-corrected chi connectivity index (χ1v) is 12.4. The molecule has 162 valence electrons. The second-order valence-electron chi connectivity index (χ2n) is 7.13. The lowest BCUT2D eigenvalue weighted by molar-refractivity contribution is -0.128. The summed E-state index contributed by atoms with van der Waals surface area (Å²) < 4.78 is 27.2. The summed E-state index contributed by atoms with van der Waals surface area (Å²) >= 11 is 1.20. The highest BCUT2D eigenvalue weighted by Gasteiger charge is 2.29. The van der Waals surface area contributed by atoms with E-state index in [1.165, 1.54) is 33.2 Å². The van der Waals surface area contributed by atoms with Gasteiger partial charge < -0.3 is 4.90 Å². The van der Waals surface area contributed by atoms with E-state index in [2.05, 4.69) is 4.98 Å². The van der Waals surface area contributed by atoms with E-state index in [9.17, 15) is 13.2 Å². The lowest BCUT2D eigenvalue weighted by Crippen LogP contribution is -2.38. The number of nitriles is 2. The summed E-state index contributed by atoms with van der Waals surface area (Å²) in [5, 5.41) is 18.0. The summed E-state index contributed by atoms with van der Waals surface area (Å²) in [5.74, 6) is -0.0705. The van der Waals surface area contributed by atoms with Gasteiger partial charge in [0.25, 0.3) is 0 Å². The zero-order valence-electron chi connectivity index (χ0n) is 17.2. The molecule has 0 unspecified atom stereocenters. The van der Waals surface area contributed by atoms with Gasteiger partial charge in [-0.15, -0.1) is 0 Å². The first-order valence-electron chi connectivity index (χ1n) is 9.98. The Kier molecular flexibility index (Phi) is 9.57. The molecule has 1 aromatic heterocycles. The van der Waals surface area contributed by atoms with E-state index in [0.717, 1.165) is 32.1 Å². The molecule has 1 heterocycles. The van der Waals surface area contributed by atoms with E-state index in [1.807, 2.05) is 12.1 Å². The maximum atomic E-state index is 12.9. The molecule has 1 aromatic rings. The first-order chi connectivity index (χ1) is 14.4. The van der Waals surface area contributed by atoms with Crippen LogP contribution in [-0.4, -0.2) is 60.4 Å². The van der Waals surface area contributed by atoms with Crippen LogP contribution in [0.4, 0.5) is 0 Å². The number of hydrogen-bond acceptors (Lipinski definition) is 7. The molecule has 0 spiro atoms. The average molecular weight is 450 g/mol. The molecule has 2 rings (SSSR count). The van der Waals surface area contributed by atoms with Crippen molar-refractivity contribution in [2.75, 3.05) is 25.9 Å². The molecule has 1 fully saturated rings. The van der Waals surface area contributed by atoms with Crippen LogP contribution in [-0.2, 0) is 14.8 Å². The molecule has 0 N–H and O–H groups in total. The highest BCUT2D eigenvalue weighted by molar-refractivity contribution is 7.99. The summed E-state index contributed by atoms with van der Waals surface area (Å²) in [6, 6.07) is 7.16. The normalized spacial score (nSPS) is 14.8. The fourth-order valence-corrected chi connectivity index (χ4v) is 5.48. The predicted octanol–water partition coefficient (Wildman–Crippen LogP) is 2.78. The van der Waals surface area contributed by atoms with Crippen LogP contribution in [0, 0.1) is 22.7 Å². The van der Waals surface area contributed by atoms with Gasteiger partial charge in [-0.25, -0.2) is 13.4 Å². The van der Waals surface area contributed by atoms with E-state index in [1.54, 1.807) is 13.1 Å². The number of sulfonamides is 1. The fraction of sp³-hybridized carbons (Fsp3) is 0.600. The van der Waals surface area contributed by atoms with Crippen LogP contribution in [0.5, 0.6) is 0 Å². The number of rotatable bonds is 10. The van der Waals surface area contributed by atoms with Crippen LogP contribution >= 0.6 is 11.8 Å². The molecule has 0 atom stereocenters. The molecular weight excluding hydrogens is 422 g/mol. The largest absolute Gasteiger partial charge is 0.340 e. The number of carbonyl (C=O) groups excluding carboxylic acids is 1. The highest BCUT2D eigenvalue weighted by Crippen LogP contribution is 2.27. The standard InChI is InChI=1S/C20H27N5O3S2/c1-24(17-7-3-2-4-8-17)30(27,28)18-9-10-19(23-15-18)29-16-20(26)25(13-5-11-21)14-6-12-22/h9-10,15,17H,2-8,13-14,16H2,1H3. The van der Waals surface area contributed by atoms with Gasteiger partial charge in [-0.1, -0.05) is 31.0 Å². The molecule has 0 saturated heterocycles.